The molecular formula is C19H23N3O2. The smallest absolute Gasteiger partial charge is 0.254 e. The molecule has 1 aliphatic heterocycles. The highest BCUT2D eigenvalue weighted by atomic mass is 16.5. The van der Waals surface area contributed by atoms with Crippen molar-refractivity contribution >= 4 is 23.1 Å². The molecule has 3 rings (SSSR count). The van der Waals surface area contributed by atoms with Crippen molar-refractivity contribution in [3.05, 3.63) is 48.2 Å². The Morgan fingerprint density at radius 3 is 2.50 bits per heavy atom. The van der Waals surface area contributed by atoms with Crippen LogP contribution in [0.3, 0.4) is 0 Å². The second-order valence-corrected chi connectivity index (χ2v) is 6.32. The Bertz CT molecular complexity index is 675. The summed E-state index contributed by atoms with van der Waals surface area (Å²) >= 11 is 0. The van der Waals surface area contributed by atoms with E-state index in [0.717, 1.165) is 24.2 Å². The molecule has 1 saturated heterocycles. The molecule has 0 radical (unpaired) electrons. The van der Waals surface area contributed by atoms with Gasteiger partial charge in [0.05, 0.1) is 11.9 Å². The lowest BCUT2D eigenvalue weighted by atomic mass is 10.0. The van der Waals surface area contributed by atoms with Crippen molar-refractivity contribution < 1.29 is 9.53 Å². The maximum Gasteiger partial charge on any atom is 0.254 e. The number of aromatic nitrogens is 1. The van der Waals surface area contributed by atoms with E-state index in [2.05, 4.69) is 53.7 Å². The number of hydrogen-bond acceptors (Lipinski definition) is 4. The topological polar surface area (TPSA) is 63.2 Å². The van der Waals surface area contributed by atoms with E-state index in [1.807, 2.05) is 6.07 Å². The van der Waals surface area contributed by atoms with Gasteiger partial charge in [0.2, 0.25) is 0 Å². The molecule has 0 bridgehead atoms. The summed E-state index contributed by atoms with van der Waals surface area (Å²) in [5.41, 5.74) is 3.20. The molecule has 2 N–H and O–H groups in total. The molecule has 5 heteroatoms. The van der Waals surface area contributed by atoms with Gasteiger partial charge in [-0.2, -0.15) is 0 Å². The Kier molecular flexibility index (Phi) is 5.11. The summed E-state index contributed by atoms with van der Waals surface area (Å²) < 4.78 is 5.36. The van der Waals surface area contributed by atoms with Gasteiger partial charge in [0, 0.05) is 12.3 Å². The van der Waals surface area contributed by atoms with Crippen LogP contribution in [0.1, 0.15) is 38.2 Å². The number of nitrogens with one attached hydrogen (secondary N) is 2. The summed E-state index contributed by atoms with van der Waals surface area (Å²) in [5, 5.41) is 6.10. The van der Waals surface area contributed by atoms with Gasteiger partial charge in [-0.05, 0) is 48.6 Å². The molecule has 1 atom stereocenters. The minimum atomic E-state index is -0.343. The number of anilines is 3. The third-order valence-corrected chi connectivity index (χ3v) is 4.10. The minimum absolute atomic E-state index is 0.120. The standard InChI is InChI=1S/C19H23N3O2/c1-13(2)14-5-7-15(8-6-14)21-16-9-10-18(20-12-16)22-19(23)17-4-3-11-24-17/h5-10,12-13,17,21H,3-4,11H2,1-2H3,(H,20,22,23). The molecular weight excluding hydrogens is 302 g/mol. The molecule has 2 heterocycles. The van der Waals surface area contributed by atoms with Gasteiger partial charge in [0.15, 0.2) is 0 Å². The number of benzene rings is 1. The molecule has 0 aliphatic carbocycles. The predicted octanol–water partition coefficient (Wildman–Crippen LogP) is 4.07. The fraction of sp³-hybridized carbons (Fsp3) is 0.368. The van der Waals surface area contributed by atoms with Crippen LogP contribution in [-0.4, -0.2) is 23.6 Å². The fourth-order valence-electron chi connectivity index (χ4n) is 2.65. The van der Waals surface area contributed by atoms with E-state index in [0.29, 0.717) is 18.3 Å². The van der Waals surface area contributed by atoms with Crippen molar-refractivity contribution in [3.63, 3.8) is 0 Å². The van der Waals surface area contributed by atoms with E-state index in [1.165, 1.54) is 5.56 Å². The minimum Gasteiger partial charge on any atom is -0.368 e. The van der Waals surface area contributed by atoms with Crippen LogP contribution in [0.2, 0.25) is 0 Å². The van der Waals surface area contributed by atoms with E-state index in [1.54, 1.807) is 12.3 Å². The maximum atomic E-state index is 12.0. The first kappa shape index (κ1) is 16.5. The molecule has 1 aliphatic rings. The molecule has 24 heavy (non-hydrogen) atoms. The number of nitrogens with zero attached hydrogens (tertiary/aromatic N) is 1. The lowest BCUT2D eigenvalue weighted by molar-refractivity contribution is -0.124. The molecule has 0 saturated carbocycles. The van der Waals surface area contributed by atoms with E-state index in [9.17, 15) is 4.79 Å². The number of rotatable bonds is 5. The van der Waals surface area contributed by atoms with Gasteiger partial charge in [0.1, 0.15) is 11.9 Å². The Hall–Kier alpha value is -2.40. The number of ether oxygens (including phenoxy) is 1. The van der Waals surface area contributed by atoms with Crippen LogP contribution >= 0.6 is 0 Å². The largest absolute Gasteiger partial charge is 0.368 e. The quantitative estimate of drug-likeness (QED) is 0.870. The highest BCUT2D eigenvalue weighted by Gasteiger charge is 2.23. The molecule has 2 aromatic rings. The third kappa shape index (κ3) is 4.11. The van der Waals surface area contributed by atoms with Crippen LogP contribution in [0, 0.1) is 0 Å². The van der Waals surface area contributed by atoms with Crippen LogP contribution in [-0.2, 0) is 9.53 Å². The second kappa shape index (κ2) is 7.45. The molecule has 1 unspecified atom stereocenters. The molecule has 5 nitrogen and oxygen atoms in total. The summed E-state index contributed by atoms with van der Waals surface area (Å²) in [6.45, 7) is 5.01. The van der Waals surface area contributed by atoms with E-state index in [-0.39, 0.29) is 12.0 Å². The zero-order valence-corrected chi connectivity index (χ0v) is 14.1. The third-order valence-electron chi connectivity index (χ3n) is 4.10. The van der Waals surface area contributed by atoms with Crippen molar-refractivity contribution in [1.82, 2.24) is 4.98 Å². The molecule has 1 amide bonds. The molecule has 1 fully saturated rings. The normalized spacial score (nSPS) is 17.0. The highest BCUT2D eigenvalue weighted by molar-refractivity contribution is 5.93. The van der Waals surface area contributed by atoms with Crippen LogP contribution < -0.4 is 10.6 Å². The lowest BCUT2D eigenvalue weighted by Crippen LogP contribution is -2.27. The van der Waals surface area contributed by atoms with Crippen molar-refractivity contribution in [1.29, 1.82) is 0 Å². The van der Waals surface area contributed by atoms with Crippen LogP contribution in [0.15, 0.2) is 42.6 Å². The first-order valence-corrected chi connectivity index (χ1v) is 8.37. The van der Waals surface area contributed by atoms with Gasteiger partial charge in [-0.25, -0.2) is 4.98 Å². The first-order valence-electron chi connectivity index (χ1n) is 8.37. The van der Waals surface area contributed by atoms with Gasteiger partial charge in [0.25, 0.3) is 5.91 Å². The molecule has 1 aromatic heterocycles. The van der Waals surface area contributed by atoms with Crippen LogP contribution in [0.25, 0.3) is 0 Å². The summed E-state index contributed by atoms with van der Waals surface area (Å²) in [5.74, 6) is 0.939. The van der Waals surface area contributed by atoms with E-state index >= 15 is 0 Å². The van der Waals surface area contributed by atoms with Gasteiger partial charge in [-0.1, -0.05) is 26.0 Å². The Morgan fingerprint density at radius 2 is 1.92 bits per heavy atom. The van der Waals surface area contributed by atoms with Gasteiger partial charge < -0.3 is 15.4 Å². The number of amides is 1. The summed E-state index contributed by atoms with van der Waals surface area (Å²) in [7, 11) is 0. The Balaban J connectivity index is 1.58. The Labute approximate surface area is 142 Å². The average Bonchev–Trinajstić information content (AvgIpc) is 3.12. The van der Waals surface area contributed by atoms with Crippen molar-refractivity contribution in [2.24, 2.45) is 0 Å². The lowest BCUT2D eigenvalue weighted by Gasteiger charge is -2.11. The maximum absolute atomic E-state index is 12.0. The number of carbonyl (C=O) groups is 1. The van der Waals surface area contributed by atoms with Crippen LogP contribution in [0.5, 0.6) is 0 Å². The first-order chi connectivity index (χ1) is 11.6. The summed E-state index contributed by atoms with van der Waals surface area (Å²) in [6, 6.07) is 12.0. The van der Waals surface area contributed by atoms with Crippen molar-refractivity contribution in [2.45, 2.75) is 38.7 Å². The molecule has 126 valence electrons. The number of pyridine rings is 1. The molecule has 1 aromatic carbocycles. The van der Waals surface area contributed by atoms with Gasteiger partial charge in [-0.3, -0.25) is 4.79 Å². The fourth-order valence-corrected chi connectivity index (χ4v) is 2.65. The summed E-state index contributed by atoms with van der Waals surface area (Å²) in [4.78, 5) is 16.3. The zero-order chi connectivity index (χ0) is 16.9. The monoisotopic (exact) mass is 325 g/mol. The number of hydrogen-bond donors (Lipinski definition) is 2. The van der Waals surface area contributed by atoms with Gasteiger partial charge in [-0.15, -0.1) is 0 Å². The zero-order valence-electron chi connectivity index (χ0n) is 14.1. The van der Waals surface area contributed by atoms with Crippen molar-refractivity contribution in [2.75, 3.05) is 17.2 Å². The van der Waals surface area contributed by atoms with Gasteiger partial charge >= 0.3 is 0 Å². The summed E-state index contributed by atoms with van der Waals surface area (Å²) in [6.07, 6.45) is 3.08. The average molecular weight is 325 g/mol. The predicted molar refractivity (Wildman–Crippen MR) is 95.7 cm³/mol. The van der Waals surface area contributed by atoms with Crippen LogP contribution in [0.4, 0.5) is 17.2 Å². The Morgan fingerprint density at radius 1 is 1.17 bits per heavy atom. The van der Waals surface area contributed by atoms with E-state index < -0.39 is 0 Å². The van der Waals surface area contributed by atoms with Crippen molar-refractivity contribution in [3.8, 4) is 0 Å². The molecule has 0 spiro atoms. The second-order valence-electron chi connectivity index (χ2n) is 6.32. The number of carbonyl (C=O) groups excluding carboxylic acids is 1. The van der Waals surface area contributed by atoms with E-state index in [4.69, 9.17) is 4.74 Å². The highest BCUT2D eigenvalue weighted by Crippen LogP contribution is 2.21. The SMILES string of the molecule is CC(C)c1ccc(Nc2ccc(NC(=O)C3CCCO3)nc2)cc1.